The maximum atomic E-state index is 14.7. The molecule has 4 aromatic carbocycles. The van der Waals surface area contributed by atoms with Gasteiger partial charge >= 0.3 is 11.9 Å². The second kappa shape index (κ2) is 14.0. The fourth-order valence-corrected chi connectivity index (χ4v) is 3.72. The molecule has 0 aliphatic carbocycles. The summed E-state index contributed by atoms with van der Waals surface area (Å²) in [6.07, 6.45) is 13.4. The topological polar surface area (TPSA) is 52.6 Å². The molecule has 0 radical (unpaired) electrons. The monoisotopic (exact) mass is 542 g/mol. The molecule has 4 aromatic rings. The summed E-state index contributed by atoms with van der Waals surface area (Å²) in [6.45, 7) is 6.77. The minimum atomic E-state index is -0.524. The average molecular weight is 543 g/mol. The Morgan fingerprint density at radius 1 is 0.537 bits per heavy atom. The molecule has 0 aliphatic heterocycles. The van der Waals surface area contributed by atoms with Gasteiger partial charge < -0.3 is 9.47 Å². The molecule has 0 bridgehead atoms. The van der Waals surface area contributed by atoms with Crippen LogP contribution in [0.1, 0.15) is 33.4 Å². The van der Waals surface area contributed by atoms with Crippen molar-refractivity contribution in [3.05, 3.63) is 156 Å². The highest BCUT2D eigenvalue weighted by atomic mass is 19.1. The zero-order chi connectivity index (χ0) is 29.0. The Labute approximate surface area is 238 Å². The maximum absolute atomic E-state index is 14.7. The molecule has 0 N–H and O–H groups in total. The first-order chi connectivity index (χ1) is 19.9. The van der Waals surface area contributed by atoms with E-state index in [1.165, 1.54) is 6.07 Å². The number of carbonyl (C=O) groups is 2. The van der Waals surface area contributed by atoms with E-state index in [-0.39, 0.29) is 5.82 Å². The molecule has 0 saturated heterocycles. The molecule has 0 spiro atoms. The normalized spacial score (nSPS) is 11.1. The average Bonchev–Trinajstić information content (AvgIpc) is 2.99. The zero-order valence-electron chi connectivity index (χ0n) is 22.2. The van der Waals surface area contributed by atoms with Crippen LogP contribution in [-0.4, -0.2) is 11.9 Å². The minimum absolute atomic E-state index is 0.330. The fraction of sp³-hybridized carbons (Fsp3) is 0. The quantitative estimate of drug-likeness (QED) is 0.0872. The molecular weight excluding hydrogens is 515 g/mol. The Balaban J connectivity index is 1.35. The van der Waals surface area contributed by atoms with Gasteiger partial charge in [0.2, 0.25) is 0 Å². The lowest BCUT2D eigenvalue weighted by atomic mass is 10.1. The van der Waals surface area contributed by atoms with E-state index in [1.54, 1.807) is 54.6 Å². The number of esters is 2. The molecule has 0 unspecified atom stereocenters. The van der Waals surface area contributed by atoms with E-state index < -0.39 is 11.9 Å². The van der Waals surface area contributed by atoms with Crippen LogP contribution < -0.4 is 9.47 Å². The smallest absolute Gasteiger partial charge is 0.335 e. The first kappa shape index (κ1) is 28.5. The van der Waals surface area contributed by atoms with E-state index in [0.29, 0.717) is 17.1 Å². The Morgan fingerprint density at radius 3 is 1.56 bits per heavy atom. The molecule has 0 aromatic heterocycles. The van der Waals surface area contributed by atoms with Crippen molar-refractivity contribution in [3.8, 4) is 11.5 Å². The summed E-state index contributed by atoms with van der Waals surface area (Å²) < 4.78 is 24.9. The van der Waals surface area contributed by atoms with Gasteiger partial charge in [-0.25, -0.2) is 14.0 Å². The highest BCUT2D eigenvalue weighted by Crippen LogP contribution is 2.20. The molecule has 0 aliphatic rings. The van der Waals surface area contributed by atoms with Gasteiger partial charge in [0, 0.05) is 17.7 Å². The molecule has 41 heavy (non-hydrogen) atoms. The third-order valence-electron chi connectivity index (χ3n) is 5.86. The predicted octanol–water partition coefficient (Wildman–Crippen LogP) is 8.52. The number of rotatable bonds is 10. The molecule has 0 saturated carbocycles. The van der Waals surface area contributed by atoms with Crippen LogP contribution in [0.2, 0.25) is 0 Å². The summed E-state index contributed by atoms with van der Waals surface area (Å²) in [5, 5.41) is 0. The minimum Gasteiger partial charge on any atom is -0.423 e. The van der Waals surface area contributed by atoms with E-state index in [4.69, 9.17) is 9.47 Å². The van der Waals surface area contributed by atoms with Crippen LogP contribution in [0.5, 0.6) is 11.5 Å². The van der Waals surface area contributed by atoms with E-state index in [2.05, 4.69) is 13.2 Å². The summed E-state index contributed by atoms with van der Waals surface area (Å²) in [5.41, 5.74) is 4.93. The van der Waals surface area contributed by atoms with E-state index >= 15 is 0 Å². The van der Waals surface area contributed by atoms with E-state index in [0.717, 1.165) is 40.0 Å². The third-order valence-corrected chi connectivity index (χ3v) is 5.86. The van der Waals surface area contributed by atoms with Gasteiger partial charge in [0.1, 0.15) is 17.3 Å². The van der Waals surface area contributed by atoms with Crippen molar-refractivity contribution in [1.29, 1.82) is 0 Å². The fourth-order valence-electron chi connectivity index (χ4n) is 3.72. The second-order valence-electron chi connectivity index (χ2n) is 8.84. The number of ether oxygens (including phenoxy) is 2. The Morgan fingerprint density at radius 2 is 1.00 bits per heavy atom. The first-order valence-corrected chi connectivity index (χ1v) is 12.7. The van der Waals surface area contributed by atoms with Gasteiger partial charge in [-0.1, -0.05) is 110 Å². The van der Waals surface area contributed by atoms with Gasteiger partial charge in [0.25, 0.3) is 0 Å². The molecule has 0 amide bonds. The lowest BCUT2D eigenvalue weighted by Gasteiger charge is -2.02. The van der Waals surface area contributed by atoms with E-state index in [1.807, 2.05) is 66.8 Å². The molecule has 4 rings (SSSR count). The zero-order valence-corrected chi connectivity index (χ0v) is 22.2. The van der Waals surface area contributed by atoms with Gasteiger partial charge in [0.05, 0.1) is 0 Å². The van der Waals surface area contributed by atoms with Crippen molar-refractivity contribution in [2.24, 2.45) is 0 Å². The van der Waals surface area contributed by atoms with Gasteiger partial charge in [-0.15, -0.1) is 0 Å². The molecule has 4 nitrogen and oxygen atoms in total. The third kappa shape index (κ3) is 8.73. The standard InChI is InChI=1S/C36H27FO4/c1-3-35(38)40-32-22-18-28(19-23-32)16-20-31-21-17-30(25-34(31)37)15-13-27-10-8-26(9-11-27)12-14-29-6-5-7-33(24-29)41-36(39)4-2/h3-25H,1-2H2/b14-12+,15-13+,20-16+. The SMILES string of the molecule is C=CC(=O)Oc1ccc(/C=C/c2ccc(/C=C/c3ccc(/C=C/c4cccc(OC(=O)C=C)c4)cc3)cc2F)cc1. The lowest BCUT2D eigenvalue weighted by Crippen LogP contribution is -2.02. The maximum Gasteiger partial charge on any atom is 0.335 e. The van der Waals surface area contributed by atoms with Gasteiger partial charge in [-0.2, -0.15) is 0 Å². The van der Waals surface area contributed by atoms with Gasteiger partial charge in [-0.05, 0) is 58.1 Å². The van der Waals surface area contributed by atoms with Crippen LogP contribution in [0.3, 0.4) is 0 Å². The van der Waals surface area contributed by atoms with Crippen LogP contribution in [-0.2, 0) is 9.59 Å². The number of benzene rings is 4. The van der Waals surface area contributed by atoms with Crippen LogP contribution >= 0.6 is 0 Å². The number of hydrogen-bond acceptors (Lipinski definition) is 4. The number of hydrogen-bond donors (Lipinski definition) is 0. The van der Waals surface area contributed by atoms with Crippen molar-refractivity contribution >= 4 is 48.4 Å². The summed E-state index contributed by atoms with van der Waals surface area (Å²) >= 11 is 0. The van der Waals surface area contributed by atoms with Crippen molar-refractivity contribution in [3.63, 3.8) is 0 Å². The molecule has 0 fully saturated rings. The van der Waals surface area contributed by atoms with Crippen molar-refractivity contribution in [2.75, 3.05) is 0 Å². The Kier molecular flexibility index (Phi) is 9.73. The molecule has 0 atom stereocenters. The van der Waals surface area contributed by atoms with Crippen LogP contribution in [0, 0.1) is 5.82 Å². The van der Waals surface area contributed by atoms with Crippen LogP contribution in [0.15, 0.2) is 116 Å². The molecule has 5 heteroatoms. The lowest BCUT2D eigenvalue weighted by molar-refractivity contribution is -0.129. The number of carbonyl (C=O) groups excluding carboxylic acids is 2. The second-order valence-corrected chi connectivity index (χ2v) is 8.84. The van der Waals surface area contributed by atoms with Gasteiger partial charge in [-0.3, -0.25) is 0 Å². The summed E-state index contributed by atoms with van der Waals surface area (Å²) in [7, 11) is 0. The predicted molar refractivity (Wildman–Crippen MR) is 164 cm³/mol. The Hall–Kier alpha value is -5.55. The van der Waals surface area contributed by atoms with Crippen LogP contribution in [0.4, 0.5) is 4.39 Å². The summed E-state index contributed by atoms with van der Waals surface area (Å²) in [6, 6.07) is 27.1. The van der Waals surface area contributed by atoms with Crippen molar-refractivity contribution in [1.82, 2.24) is 0 Å². The molecule has 202 valence electrons. The summed E-state index contributed by atoms with van der Waals surface area (Å²) in [4.78, 5) is 22.7. The van der Waals surface area contributed by atoms with Crippen LogP contribution in [0.25, 0.3) is 36.5 Å². The molecular formula is C36H27FO4. The summed E-state index contributed by atoms with van der Waals surface area (Å²) in [5.74, 6) is -0.485. The van der Waals surface area contributed by atoms with Crippen molar-refractivity contribution in [2.45, 2.75) is 0 Å². The first-order valence-electron chi connectivity index (χ1n) is 12.7. The largest absolute Gasteiger partial charge is 0.423 e. The molecule has 0 heterocycles. The van der Waals surface area contributed by atoms with E-state index in [9.17, 15) is 14.0 Å². The Bertz CT molecular complexity index is 1640. The highest BCUT2D eigenvalue weighted by Gasteiger charge is 2.02. The van der Waals surface area contributed by atoms with Crippen molar-refractivity contribution < 1.29 is 23.5 Å². The van der Waals surface area contributed by atoms with Gasteiger partial charge in [0.15, 0.2) is 0 Å². The highest BCUT2D eigenvalue weighted by molar-refractivity contribution is 5.84. The number of halogens is 1.